The average molecular weight is 769 g/mol. The van der Waals surface area contributed by atoms with Gasteiger partial charge in [-0.25, -0.2) is 0 Å². The molecular formula is C36H48N8O11. The fourth-order valence-corrected chi connectivity index (χ4v) is 6.29. The van der Waals surface area contributed by atoms with E-state index in [0.717, 1.165) is 10.9 Å². The number of hydrazine groups is 1. The number of ketones is 2. The van der Waals surface area contributed by atoms with Crippen molar-refractivity contribution in [2.45, 2.75) is 19.8 Å². The van der Waals surface area contributed by atoms with Crippen LogP contribution in [-0.2, 0) is 38.3 Å². The van der Waals surface area contributed by atoms with E-state index in [2.05, 4.69) is 31.0 Å². The first-order chi connectivity index (χ1) is 26.2. The highest BCUT2D eigenvalue weighted by Gasteiger charge is 2.28. The van der Waals surface area contributed by atoms with E-state index in [1.165, 1.54) is 28.0 Å². The number of carbonyl (C=O) groups excluding carboxylic acids is 5. The monoisotopic (exact) mass is 768 g/mol. The molecule has 55 heavy (non-hydrogen) atoms. The van der Waals surface area contributed by atoms with Crippen molar-refractivity contribution in [3.63, 3.8) is 0 Å². The zero-order valence-corrected chi connectivity index (χ0v) is 30.7. The second-order valence-electron chi connectivity index (χ2n) is 13.5. The maximum atomic E-state index is 13.0. The van der Waals surface area contributed by atoms with Crippen LogP contribution in [-0.4, -0.2) is 168 Å². The lowest BCUT2D eigenvalue weighted by Gasteiger charge is -2.29. The molecule has 0 bridgehead atoms. The van der Waals surface area contributed by atoms with E-state index in [1.807, 2.05) is 6.92 Å². The van der Waals surface area contributed by atoms with Crippen LogP contribution in [0.15, 0.2) is 41.2 Å². The molecule has 3 amide bonds. The summed E-state index contributed by atoms with van der Waals surface area (Å²) in [6, 6.07) is 6.57. The van der Waals surface area contributed by atoms with Crippen LogP contribution in [0, 0.1) is 12.8 Å². The lowest BCUT2D eigenvalue weighted by atomic mass is 9.99. The predicted molar refractivity (Wildman–Crippen MR) is 198 cm³/mol. The summed E-state index contributed by atoms with van der Waals surface area (Å²) in [5, 5.41) is 22.6. The number of hydrogen-bond donors (Lipinski definition) is 6. The smallest absolute Gasteiger partial charge is 0.317 e. The number of carboxylic acids is 2. The molecule has 0 unspecified atom stereocenters. The predicted octanol–water partition coefficient (Wildman–Crippen LogP) is -1.57. The molecule has 1 aliphatic heterocycles. The number of fused-ring (bicyclic) bond motifs is 1. The van der Waals surface area contributed by atoms with Crippen molar-refractivity contribution in [2.24, 2.45) is 5.92 Å². The maximum Gasteiger partial charge on any atom is 0.317 e. The first kappa shape index (κ1) is 42.4. The Labute approximate surface area is 316 Å². The van der Waals surface area contributed by atoms with Crippen molar-refractivity contribution in [2.75, 3.05) is 97.1 Å². The Hall–Kier alpha value is -5.34. The molecule has 1 fully saturated rings. The van der Waals surface area contributed by atoms with Gasteiger partial charge in [-0.3, -0.25) is 68.8 Å². The van der Waals surface area contributed by atoms with Gasteiger partial charge in [0, 0.05) is 75.9 Å². The third kappa shape index (κ3) is 14.4. The molecule has 2 aliphatic rings. The van der Waals surface area contributed by atoms with Crippen LogP contribution in [0.5, 0.6) is 0 Å². The van der Waals surface area contributed by atoms with E-state index in [9.17, 15) is 48.6 Å². The Morgan fingerprint density at radius 1 is 0.782 bits per heavy atom. The number of nitrogens with zero attached hydrogens (tertiary/aromatic N) is 4. The molecule has 1 aromatic heterocycles. The fraction of sp³-hybridized carbons (Fsp3) is 0.500. The number of carboxylic acid groups (broad SMARTS) is 2. The SMILES string of the molecule is Cc1cc(NC(=O)CN(CCN2CCOCCN(CCN(CC(=O)O)CC(=O)NNC(=O)CCC3C(=O)C=CC3=O)CC2)CC(=O)O)cc2[nH]c(=O)ccc12. The Bertz CT molecular complexity index is 1810. The number of H-pyrrole nitrogens is 1. The van der Waals surface area contributed by atoms with E-state index in [-0.39, 0.29) is 62.7 Å². The zero-order chi connectivity index (χ0) is 39.9. The van der Waals surface area contributed by atoms with Gasteiger partial charge in [0.1, 0.15) is 0 Å². The van der Waals surface area contributed by atoms with Crippen LogP contribution < -0.4 is 21.7 Å². The summed E-state index contributed by atoms with van der Waals surface area (Å²) in [5.41, 5.74) is 6.10. The number of aromatic nitrogens is 1. The van der Waals surface area contributed by atoms with Crippen molar-refractivity contribution in [3.8, 4) is 0 Å². The third-order valence-electron chi connectivity index (χ3n) is 9.18. The molecule has 1 aromatic carbocycles. The molecule has 0 atom stereocenters. The van der Waals surface area contributed by atoms with Crippen LogP contribution in [0.4, 0.5) is 5.69 Å². The molecule has 6 N–H and O–H groups in total. The van der Waals surface area contributed by atoms with Gasteiger partial charge in [0.05, 0.1) is 50.8 Å². The molecule has 0 saturated carbocycles. The van der Waals surface area contributed by atoms with Crippen LogP contribution in [0.2, 0.25) is 0 Å². The summed E-state index contributed by atoms with van der Waals surface area (Å²) in [7, 11) is 0. The minimum absolute atomic E-state index is 0.00416. The van der Waals surface area contributed by atoms with Crippen LogP contribution in [0.3, 0.4) is 0 Å². The Morgan fingerprint density at radius 3 is 1.93 bits per heavy atom. The summed E-state index contributed by atoms with van der Waals surface area (Å²) in [5.74, 6) is -5.51. The van der Waals surface area contributed by atoms with Crippen LogP contribution >= 0.6 is 0 Å². The summed E-state index contributed by atoms with van der Waals surface area (Å²) in [4.78, 5) is 106. The number of ether oxygens (including phenoxy) is 1. The Kier molecular flexibility index (Phi) is 16.1. The highest BCUT2D eigenvalue weighted by atomic mass is 16.5. The number of pyridine rings is 1. The van der Waals surface area contributed by atoms with Gasteiger partial charge in [-0.05, 0) is 49.3 Å². The topological polar surface area (TPSA) is 251 Å². The quantitative estimate of drug-likeness (QED) is 0.0741. The van der Waals surface area contributed by atoms with Crippen LogP contribution in [0.25, 0.3) is 10.9 Å². The van der Waals surface area contributed by atoms with Crippen molar-refractivity contribution in [3.05, 3.63) is 52.3 Å². The van der Waals surface area contributed by atoms with Gasteiger partial charge in [0.25, 0.3) is 5.91 Å². The summed E-state index contributed by atoms with van der Waals surface area (Å²) < 4.78 is 5.79. The number of anilines is 1. The molecular weight excluding hydrogens is 720 g/mol. The molecule has 0 spiro atoms. The van der Waals surface area contributed by atoms with E-state index in [0.29, 0.717) is 63.7 Å². The van der Waals surface area contributed by atoms with Gasteiger partial charge in [0.15, 0.2) is 11.6 Å². The minimum Gasteiger partial charge on any atom is -0.480 e. The number of carbonyl (C=O) groups is 7. The molecule has 0 radical (unpaired) electrons. The van der Waals surface area contributed by atoms with Gasteiger partial charge in [-0.15, -0.1) is 0 Å². The highest BCUT2D eigenvalue weighted by Crippen LogP contribution is 2.21. The summed E-state index contributed by atoms with van der Waals surface area (Å²) >= 11 is 0. The first-order valence-electron chi connectivity index (χ1n) is 17.9. The van der Waals surface area contributed by atoms with E-state index >= 15 is 0 Å². The molecule has 298 valence electrons. The Morgan fingerprint density at radius 2 is 1.35 bits per heavy atom. The number of aromatic amines is 1. The molecule has 19 heteroatoms. The zero-order valence-electron chi connectivity index (χ0n) is 30.7. The van der Waals surface area contributed by atoms with Crippen molar-refractivity contribution < 1.29 is 48.5 Å². The second kappa shape index (κ2) is 20.9. The van der Waals surface area contributed by atoms with Crippen molar-refractivity contribution in [1.82, 2.24) is 35.4 Å². The van der Waals surface area contributed by atoms with Gasteiger partial charge in [0.2, 0.25) is 17.4 Å². The number of nitrogens with one attached hydrogen (secondary N) is 4. The number of rotatable bonds is 18. The molecule has 1 saturated heterocycles. The normalized spacial score (nSPS) is 15.9. The lowest BCUT2D eigenvalue weighted by molar-refractivity contribution is -0.140. The standard InChI is InChI=1S/C36H48N8O11/c1-24-18-25(19-28-26(24)2-6-31(47)38-28)37-33(49)20-43(22-35(51)52)12-10-41-8-9-42(15-17-55-16-14-41)11-13-44(23-36(53)54)21-34(50)40-39-32(48)7-3-27-29(45)4-5-30(27)46/h2,4-6,18-19,27H,3,7-17,20-23H2,1H3,(H,37,49)(H,38,47)(H,39,48)(H,40,50)(H,51,52)(H,53,54). The number of aryl methyl sites for hydroxylation is 1. The molecule has 2 aromatic rings. The fourth-order valence-electron chi connectivity index (χ4n) is 6.29. The largest absolute Gasteiger partial charge is 0.480 e. The summed E-state index contributed by atoms with van der Waals surface area (Å²) in [6.45, 7) is 4.99. The van der Waals surface area contributed by atoms with Gasteiger partial charge in [-0.1, -0.05) is 0 Å². The number of benzene rings is 1. The molecule has 4 rings (SSSR count). The molecule has 1 aliphatic carbocycles. The number of amides is 3. The second-order valence-corrected chi connectivity index (χ2v) is 13.5. The van der Waals surface area contributed by atoms with Crippen LogP contribution in [0.1, 0.15) is 18.4 Å². The van der Waals surface area contributed by atoms with E-state index in [1.54, 1.807) is 18.2 Å². The van der Waals surface area contributed by atoms with Gasteiger partial charge >= 0.3 is 11.9 Å². The maximum absolute atomic E-state index is 13.0. The third-order valence-corrected chi connectivity index (χ3v) is 9.18. The van der Waals surface area contributed by atoms with E-state index in [4.69, 9.17) is 4.74 Å². The highest BCUT2D eigenvalue weighted by molar-refractivity contribution is 6.18. The Balaban J connectivity index is 1.24. The first-order valence-corrected chi connectivity index (χ1v) is 17.9. The average Bonchev–Trinajstić information content (AvgIpc) is 3.48. The number of hydrogen-bond acceptors (Lipinski definition) is 13. The van der Waals surface area contributed by atoms with Crippen molar-refractivity contribution in [1.29, 1.82) is 0 Å². The summed E-state index contributed by atoms with van der Waals surface area (Å²) in [6.07, 6.45) is 2.18. The minimum atomic E-state index is -1.14. The molecule has 19 nitrogen and oxygen atoms in total. The number of aliphatic carboxylic acids is 2. The van der Waals surface area contributed by atoms with E-state index < -0.39 is 42.1 Å². The van der Waals surface area contributed by atoms with Gasteiger partial charge in [-0.2, -0.15) is 0 Å². The lowest BCUT2D eigenvalue weighted by Crippen LogP contribution is -2.49. The van der Waals surface area contributed by atoms with Gasteiger partial charge < -0.3 is 25.3 Å². The number of allylic oxidation sites excluding steroid dienone is 2. The molecule has 2 heterocycles. The van der Waals surface area contributed by atoms with Crippen molar-refractivity contribution >= 4 is 57.8 Å².